The van der Waals surface area contributed by atoms with Crippen molar-refractivity contribution in [2.24, 2.45) is 0 Å². The van der Waals surface area contributed by atoms with Crippen LogP contribution in [0.3, 0.4) is 0 Å². The van der Waals surface area contributed by atoms with E-state index in [1.165, 1.54) is 14.2 Å². The molecule has 0 spiro atoms. The number of methoxy groups -OCH3 is 2. The molecule has 31 heavy (non-hydrogen) atoms. The summed E-state index contributed by atoms with van der Waals surface area (Å²) >= 11 is 7.00. The number of hydrogen-bond acceptors (Lipinski definition) is 5. The van der Waals surface area contributed by atoms with E-state index in [4.69, 9.17) is 14.2 Å². The maximum Gasteiger partial charge on any atom is 0.346 e. The number of ether oxygens (including phenoxy) is 3. The van der Waals surface area contributed by atoms with Crippen molar-refractivity contribution >= 4 is 65.3 Å². The Hall–Kier alpha value is -2.90. The number of hydrogen-bond donors (Lipinski definition) is 0. The summed E-state index contributed by atoms with van der Waals surface area (Å²) < 4.78 is 17.5. The first kappa shape index (κ1) is 21.3. The minimum atomic E-state index is -0.766. The van der Waals surface area contributed by atoms with Gasteiger partial charge >= 0.3 is 11.9 Å². The molecule has 0 saturated heterocycles. The molecule has 0 radical (unpaired) electrons. The fourth-order valence-electron chi connectivity index (χ4n) is 3.46. The van der Waals surface area contributed by atoms with Gasteiger partial charge in [-0.05, 0) is 54.8 Å². The zero-order chi connectivity index (χ0) is 22.1. The molecule has 0 atom stereocenters. The van der Waals surface area contributed by atoms with Crippen LogP contribution >= 0.6 is 31.9 Å². The van der Waals surface area contributed by atoms with Gasteiger partial charge in [0.1, 0.15) is 11.5 Å². The van der Waals surface area contributed by atoms with Crippen molar-refractivity contribution < 1.29 is 23.8 Å². The fourth-order valence-corrected chi connectivity index (χ4v) is 4.70. The Balaban J connectivity index is 1.78. The first-order valence-corrected chi connectivity index (χ1v) is 10.8. The topological polar surface area (TPSA) is 61.8 Å². The summed E-state index contributed by atoms with van der Waals surface area (Å²) in [7, 11) is 3.02. The highest BCUT2D eigenvalue weighted by molar-refractivity contribution is 9.11. The van der Waals surface area contributed by atoms with Gasteiger partial charge in [0.25, 0.3) is 0 Å². The molecule has 0 bridgehead atoms. The molecular weight excluding hydrogens is 528 g/mol. The van der Waals surface area contributed by atoms with Gasteiger partial charge in [-0.15, -0.1) is 0 Å². The van der Waals surface area contributed by atoms with Gasteiger partial charge < -0.3 is 14.2 Å². The molecule has 0 aromatic heterocycles. The first-order chi connectivity index (χ1) is 15.0. The summed E-state index contributed by atoms with van der Waals surface area (Å²) in [4.78, 5) is 26.0. The molecule has 0 heterocycles. The zero-order valence-electron chi connectivity index (χ0n) is 16.6. The summed E-state index contributed by atoms with van der Waals surface area (Å²) in [5.74, 6) is -0.598. The molecule has 0 aliphatic carbocycles. The lowest BCUT2D eigenvalue weighted by Crippen LogP contribution is -2.14. The Labute approximate surface area is 195 Å². The standard InChI is InChI=1S/C24H16Br2O5/c1-29-19-11-17(13-7-3-5-9-15(13)21(19)25)23(27)31-24(28)18-12-20(30-2)22(26)16-10-6-4-8-14(16)18/h3-12H,1-2H3. The van der Waals surface area contributed by atoms with Crippen molar-refractivity contribution in [1.82, 2.24) is 0 Å². The van der Waals surface area contributed by atoms with Gasteiger partial charge in [0.2, 0.25) is 0 Å². The van der Waals surface area contributed by atoms with Gasteiger partial charge in [0, 0.05) is 10.8 Å². The summed E-state index contributed by atoms with van der Waals surface area (Å²) in [5.41, 5.74) is 0.467. The van der Waals surface area contributed by atoms with Crippen LogP contribution in [-0.2, 0) is 4.74 Å². The molecule has 156 valence electrons. The van der Waals surface area contributed by atoms with Crippen LogP contribution in [0, 0.1) is 0 Å². The highest BCUT2D eigenvalue weighted by Gasteiger charge is 2.23. The van der Waals surface area contributed by atoms with Gasteiger partial charge in [-0.3, -0.25) is 0 Å². The van der Waals surface area contributed by atoms with Gasteiger partial charge in [-0.25, -0.2) is 9.59 Å². The van der Waals surface area contributed by atoms with Gasteiger partial charge in [-0.1, -0.05) is 48.5 Å². The quantitative estimate of drug-likeness (QED) is 0.216. The largest absolute Gasteiger partial charge is 0.496 e. The summed E-state index contributed by atoms with van der Waals surface area (Å²) in [6.45, 7) is 0. The molecule has 0 unspecified atom stereocenters. The normalized spacial score (nSPS) is 10.8. The van der Waals surface area contributed by atoms with E-state index in [-0.39, 0.29) is 11.1 Å². The second kappa shape index (κ2) is 8.69. The number of fused-ring (bicyclic) bond motifs is 2. The second-order valence-electron chi connectivity index (χ2n) is 6.65. The van der Waals surface area contributed by atoms with E-state index in [2.05, 4.69) is 31.9 Å². The summed E-state index contributed by atoms with van der Waals surface area (Å²) in [6, 6.07) is 17.7. The average molecular weight is 544 g/mol. The van der Waals surface area contributed by atoms with E-state index in [0.717, 1.165) is 19.7 Å². The lowest BCUT2D eigenvalue weighted by molar-refractivity contribution is 0.0400. The van der Waals surface area contributed by atoms with E-state index in [1.807, 2.05) is 36.4 Å². The van der Waals surface area contributed by atoms with Gasteiger partial charge in [0.05, 0.1) is 34.3 Å². The molecule has 0 N–H and O–H groups in total. The lowest BCUT2D eigenvalue weighted by atomic mass is 10.0. The first-order valence-electron chi connectivity index (χ1n) is 9.23. The summed E-state index contributed by atoms with van der Waals surface area (Å²) in [5, 5.41) is 2.84. The van der Waals surface area contributed by atoms with Crippen LogP contribution in [0.4, 0.5) is 0 Å². The van der Waals surface area contributed by atoms with Crippen molar-refractivity contribution in [3.63, 3.8) is 0 Å². The highest BCUT2D eigenvalue weighted by Crippen LogP contribution is 2.37. The van der Waals surface area contributed by atoms with E-state index in [9.17, 15) is 9.59 Å². The van der Waals surface area contributed by atoms with Crippen LogP contribution < -0.4 is 9.47 Å². The predicted octanol–water partition coefficient (Wildman–Crippen LogP) is 6.53. The third kappa shape index (κ3) is 3.79. The van der Waals surface area contributed by atoms with Crippen molar-refractivity contribution in [1.29, 1.82) is 0 Å². The number of carbonyl (C=O) groups excluding carboxylic acids is 2. The van der Waals surface area contributed by atoms with E-state index >= 15 is 0 Å². The van der Waals surface area contributed by atoms with E-state index in [0.29, 0.717) is 22.3 Å². The zero-order valence-corrected chi connectivity index (χ0v) is 19.7. The Morgan fingerprint density at radius 2 is 1.00 bits per heavy atom. The maximum atomic E-state index is 13.0. The van der Waals surface area contributed by atoms with Crippen LogP contribution in [0.1, 0.15) is 20.7 Å². The summed E-state index contributed by atoms with van der Waals surface area (Å²) in [6.07, 6.45) is 0. The number of benzene rings is 4. The lowest BCUT2D eigenvalue weighted by Gasteiger charge is -2.13. The highest BCUT2D eigenvalue weighted by atomic mass is 79.9. The molecule has 7 heteroatoms. The molecule has 0 aliphatic rings. The molecule has 4 rings (SSSR count). The molecule has 5 nitrogen and oxygen atoms in total. The van der Waals surface area contributed by atoms with Crippen LogP contribution in [0.5, 0.6) is 11.5 Å². The minimum absolute atomic E-state index is 0.234. The monoisotopic (exact) mass is 542 g/mol. The smallest absolute Gasteiger partial charge is 0.346 e. The minimum Gasteiger partial charge on any atom is -0.496 e. The van der Waals surface area contributed by atoms with Crippen molar-refractivity contribution in [2.75, 3.05) is 14.2 Å². The second-order valence-corrected chi connectivity index (χ2v) is 8.23. The maximum absolute atomic E-state index is 13.0. The Morgan fingerprint density at radius 1 is 0.645 bits per heavy atom. The molecule has 4 aromatic carbocycles. The van der Waals surface area contributed by atoms with Crippen molar-refractivity contribution in [2.45, 2.75) is 0 Å². The van der Waals surface area contributed by atoms with Crippen LogP contribution in [-0.4, -0.2) is 26.2 Å². The molecule has 0 saturated carbocycles. The molecule has 0 amide bonds. The fraction of sp³-hybridized carbons (Fsp3) is 0.0833. The van der Waals surface area contributed by atoms with Crippen LogP contribution in [0.15, 0.2) is 69.6 Å². The third-order valence-corrected chi connectivity index (χ3v) is 6.59. The average Bonchev–Trinajstić information content (AvgIpc) is 2.79. The molecule has 0 fully saturated rings. The number of carbonyl (C=O) groups is 2. The van der Waals surface area contributed by atoms with Gasteiger partial charge in [0.15, 0.2) is 0 Å². The molecule has 0 aliphatic heterocycles. The van der Waals surface area contributed by atoms with E-state index in [1.54, 1.807) is 24.3 Å². The number of esters is 2. The third-order valence-electron chi connectivity index (χ3n) is 4.96. The number of halogens is 2. The van der Waals surface area contributed by atoms with Gasteiger partial charge in [-0.2, -0.15) is 0 Å². The molecule has 4 aromatic rings. The predicted molar refractivity (Wildman–Crippen MR) is 126 cm³/mol. The van der Waals surface area contributed by atoms with Crippen LogP contribution in [0.25, 0.3) is 21.5 Å². The van der Waals surface area contributed by atoms with Crippen molar-refractivity contribution in [3.8, 4) is 11.5 Å². The number of rotatable bonds is 4. The molecular formula is C24H16Br2O5. The van der Waals surface area contributed by atoms with E-state index < -0.39 is 11.9 Å². The Kier molecular flexibility index (Phi) is 5.98. The van der Waals surface area contributed by atoms with Crippen LogP contribution in [0.2, 0.25) is 0 Å². The Morgan fingerprint density at radius 3 is 1.35 bits per heavy atom. The Bertz CT molecular complexity index is 1240. The SMILES string of the molecule is COc1cc(C(=O)OC(=O)c2cc(OC)c(Br)c3ccccc23)c2ccccc2c1Br. The van der Waals surface area contributed by atoms with Crippen molar-refractivity contribution in [3.05, 3.63) is 80.7 Å².